The molecule has 1 heteroatoms. The van der Waals surface area contributed by atoms with Crippen LogP contribution in [-0.2, 0) is 6.42 Å². The zero-order valence-electron chi connectivity index (χ0n) is 13.3. The monoisotopic (exact) mass is 273 g/mol. The Kier molecular flexibility index (Phi) is 6.59. The van der Waals surface area contributed by atoms with Crippen LogP contribution in [0.3, 0.4) is 0 Å². The molecule has 0 aliphatic heterocycles. The first kappa shape index (κ1) is 15.6. The van der Waals surface area contributed by atoms with Crippen LogP contribution in [0.4, 0.5) is 0 Å². The Morgan fingerprint density at radius 1 is 1.10 bits per heavy atom. The Morgan fingerprint density at radius 3 is 2.75 bits per heavy atom. The van der Waals surface area contributed by atoms with Gasteiger partial charge in [-0.3, -0.25) is 0 Å². The Morgan fingerprint density at radius 2 is 1.95 bits per heavy atom. The lowest BCUT2D eigenvalue weighted by molar-refractivity contribution is 0.410. The van der Waals surface area contributed by atoms with Gasteiger partial charge in [-0.2, -0.15) is 0 Å². The standard InChI is InChI=1S/C19H31N/c1-3-7-17-9-6-11-19(13-12-17)20-15-14-18-10-5-4-8-16(18)2/h4-5,8,10,17,19-20H,3,6-7,9,11-15H2,1-2H3. The molecule has 1 aliphatic rings. The van der Waals surface area contributed by atoms with Crippen molar-refractivity contribution in [1.29, 1.82) is 0 Å². The van der Waals surface area contributed by atoms with Gasteiger partial charge in [0.05, 0.1) is 0 Å². The highest BCUT2D eigenvalue weighted by Gasteiger charge is 2.17. The van der Waals surface area contributed by atoms with E-state index in [0.717, 1.165) is 18.5 Å². The molecule has 1 N–H and O–H groups in total. The van der Waals surface area contributed by atoms with Gasteiger partial charge < -0.3 is 5.32 Å². The SMILES string of the molecule is CCCC1CCCC(NCCc2ccccc2C)CC1. The van der Waals surface area contributed by atoms with Crippen LogP contribution in [-0.4, -0.2) is 12.6 Å². The second-order valence-electron chi connectivity index (χ2n) is 6.49. The maximum atomic E-state index is 3.80. The Bertz CT molecular complexity index is 385. The van der Waals surface area contributed by atoms with Crippen LogP contribution in [0.5, 0.6) is 0 Å². The van der Waals surface area contributed by atoms with Gasteiger partial charge in [-0.05, 0) is 56.2 Å². The molecule has 2 rings (SSSR count). The molecule has 2 atom stereocenters. The van der Waals surface area contributed by atoms with E-state index in [-0.39, 0.29) is 0 Å². The number of hydrogen-bond donors (Lipinski definition) is 1. The third-order valence-electron chi connectivity index (χ3n) is 4.87. The van der Waals surface area contributed by atoms with E-state index in [1.807, 2.05) is 0 Å². The zero-order valence-corrected chi connectivity index (χ0v) is 13.3. The lowest BCUT2D eigenvalue weighted by Crippen LogP contribution is -2.30. The molecule has 20 heavy (non-hydrogen) atoms. The molecule has 1 aromatic carbocycles. The number of hydrogen-bond acceptors (Lipinski definition) is 1. The van der Waals surface area contributed by atoms with Crippen molar-refractivity contribution < 1.29 is 0 Å². The molecule has 112 valence electrons. The molecular weight excluding hydrogens is 242 g/mol. The highest BCUT2D eigenvalue weighted by atomic mass is 14.9. The van der Waals surface area contributed by atoms with Crippen LogP contribution in [0.2, 0.25) is 0 Å². The molecular formula is C19H31N. The Hall–Kier alpha value is -0.820. The van der Waals surface area contributed by atoms with Crippen LogP contribution < -0.4 is 5.32 Å². The second-order valence-corrected chi connectivity index (χ2v) is 6.49. The summed E-state index contributed by atoms with van der Waals surface area (Å²) in [6.07, 6.45) is 11.1. The van der Waals surface area contributed by atoms with E-state index in [2.05, 4.69) is 43.4 Å². The minimum Gasteiger partial charge on any atom is -0.314 e. The van der Waals surface area contributed by atoms with E-state index in [9.17, 15) is 0 Å². The van der Waals surface area contributed by atoms with Crippen molar-refractivity contribution in [1.82, 2.24) is 5.32 Å². The average Bonchev–Trinajstić information content (AvgIpc) is 2.67. The van der Waals surface area contributed by atoms with E-state index < -0.39 is 0 Å². The van der Waals surface area contributed by atoms with Gasteiger partial charge >= 0.3 is 0 Å². The van der Waals surface area contributed by atoms with Crippen LogP contribution in [0, 0.1) is 12.8 Å². The van der Waals surface area contributed by atoms with E-state index >= 15 is 0 Å². The zero-order chi connectivity index (χ0) is 14.2. The highest BCUT2D eigenvalue weighted by molar-refractivity contribution is 5.25. The first-order valence-corrected chi connectivity index (χ1v) is 8.57. The van der Waals surface area contributed by atoms with Crippen molar-refractivity contribution >= 4 is 0 Å². The highest BCUT2D eigenvalue weighted by Crippen LogP contribution is 2.26. The van der Waals surface area contributed by atoms with Gasteiger partial charge in [0.1, 0.15) is 0 Å². The topological polar surface area (TPSA) is 12.0 Å². The molecule has 0 aromatic heterocycles. The fraction of sp³-hybridized carbons (Fsp3) is 0.684. The molecule has 1 aromatic rings. The second kappa shape index (κ2) is 8.46. The number of aryl methyl sites for hydroxylation is 1. The molecule has 0 bridgehead atoms. The molecule has 1 saturated carbocycles. The van der Waals surface area contributed by atoms with Crippen molar-refractivity contribution in [3.63, 3.8) is 0 Å². The van der Waals surface area contributed by atoms with Crippen molar-refractivity contribution in [3.05, 3.63) is 35.4 Å². The van der Waals surface area contributed by atoms with E-state index in [1.54, 1.807) is 0 Å². The average molecular weight is 273 g/mol. The van der Waals surface area contributed by atoms with Crippen LogP contribution in [0.15, 0.2) is 24.3 Å². The smallest absolute Gasteiger partial charge is 0.00672 e. The van der Waals surface area contributed by atoms with Crippen molar-refractivity contribution in [2.24, 2.45) is 5.92 Å². The summed E-state index contributed by atoms with van der Waals surface area (Å²) in [5.41, 5.74) is 2.93. The molecule has 1 nitrogen and oxygen atoms in total. The summed E-state index contributed by atoms with van der Waals surface area (Å²) in [5, 5.41) is 3.80. The number of nitrogens with one attached hydrogen (secondary N) is 1. The lowest BCUT2D eigenvalue weighted by Gasteiger charge is -2.17. The van der Waals surface area contributed by atoms with Crippen LogP contribution in [0.1, 0.15) is 63.0 Å². The third-order valence-corrected chi connectivity index (χ3v) is 4.87. The minimum atomic E-state index is 0.765. The molecule has 0 spiro atoms. The van der Waals surface area contributed by atoms with E-state index in [4.69, 9.17) is 0 Å². The Balaban J connectivity index is 1.70. The molecule has 0 saturated heterocycles. The van der Waals surface area contributed by atoms with E-state index in [0.29, 0.717) is 0 Å². The van der Waals surface area contributed by atoms with Crippen LogP contribution >= 0.6 is 0 Å². The summed E-state index contributed by atoms with van der Waals surface area (Å²) in [5.74, 6) is 1.00. The van der Waals surface area contributed by atoms with Crippen LogP contribution in [0.25, 0.3) is 0 Å². The summed E-state index contributed by atoms with van der Waals surface area (Å²) >= 11 is 0. The summed E-state index contributed by atoms with van der Waals surface area (Å²) < 4.78 is 0. The van der Waals surface area contributed by atoms with Gasteiger partial charge in [0.15, 0.2) is 0 Å². The molecule has 1 fully saturated rings. The number of rotatable bonds is 6. The first-order chi connectivity index (χ1) is 9.79. The fourth-order valence-corrected chi connectivity index (χ4v) is 3.58. The molecule has 0 heterocycles. The normalized spacial score (nSPS) is 23.5. The van der Waals surface area contributed by atoms with Crippen molar-refractivity contribution in [2.75, 3.05) is 6.54 Å². The minimum absolute atomic E-state index is 0.765. The predicted molar refractivity (Wildman–Crippen MR) is 88.2 cm³/mol. The van der Waals surface area contributed by atoms with Crippen molar-refractivity contribution in [2.45, 2.75) is 71.3 Å². The molecule has 0 radical (unpaired) electrons. The summed E-state index contributed by atoms with van der Waals surface area (Å²) in [7, 11) is 0. The first-order valence-electron chi connectivity index (χ1n) is 8.57. The molecule has 0 amide bonds. The maximum Gasteiger partial charge on any atom is 0.00672 e. The maximum absolute atomic E-state index is 3.80. The largest absolute Gasteiger partial charge is 0.314 e. The van der Waals surface area contributed by atoms with E-state index in [1.165, 1.54) is 62.5 Å². The van der Waals surface area contributed by atoms with Gasteiger partial charge in [-0.15, -0.1) is 0 Å². The third kappa shape index (κ3) is 4.94. The predicted octanol–water partition coefficient (Wildman–Crippen LogP) is 4.88. The van der Waals surface area contributed by atoms with Gasteiger partial charge in [0.25, 0.3) is 0 Å². The summed E-state index contributed by atoms with van der Waals surface area (Å²) in [6.45, 7) is 5.67. The Labute approximate surface area is 125 Å². The summed E-state index contributed by atoms with van der Waals surface area (Å²) in [6, 6.07) is 9.54. The van der Waals surface area contributed by atoms with Gasteiger partial charge in [-0.25, -0.2) is 0 Å². The number of benzene rings is 1. The van der Waals surface area contributed by atoms with Gasteiger partial charge in [0, 0.05) is 6.04 Å². The lowest BCUT2D eigenvalue weighted by atomic mass is 9.95. The van der Waals surface area contributed by atoms with Crippen molar-refractivity contribution in [3.8, 4) is 0 Å². The van der Waals surface area contributed by atoms with Gasteiger partial charge in [-0.1, -0.05) is 56.9 Å². The molecule has 1 aliphatic carbocycles. The summed E-state index contributed by atoms with van der Waals surface area (Å²) in [4.78, 5) is 0. The quantitative estimate of drug-likeness (QED) is 0.729. The fourth-order valence-electron chi connectivity index (χ4n) is 3.58. The van der Waals surface area contributed by atoms with Gasteiger partial charge in [0.2, 0.25) is 0 Å². The molecule has 2 unspecified atom stereocenters.